The van der Waals surface area contributed by atoms with Crippen LogP contribution in [0.5, 0.6) is 0 Å². The van der Waals surface area contributed by atoms with Crippen molar-refractivity contribution >= 4 is 59.6 Å². The lowest BCUT2D eigenvalue weighted by Gasteiger charge is -2.32. The van der Waals surface area contributed by atoms with Crippen LogP contribution in [0.4, 0.5) is 4.79 Å². The summed E-state index contributed by atoms with van der Waals surface area (Å²) < 4.78 is 5.55. The lowest BCUT2D eigenvalue weighted by Crippen LogP contribution is -2.51. The number of carboxylic acid groups (broad SMARTS) is 5. The van der Waals surface area contributed by atoms with Gasteiger partial charge < -0.3 is 56.9 Å². The first-order chi connectivity index (χ1) is 34.8. The van der Waals surface area contributed by atoms with E-state index in [2.05, 4.69) is 26.6 Å². The molecule has 3 atom stereocenters. The largest absolute Gasteiger partial charge is 0.481 e. The SMILES string of the molecule is [CH]N1CCN(CC(=O)O)CCN(CC(=O)O)CCN(CC(=O)NCCCCC(NC(=O)CCCCCCC(=O)NCCCC[C@H](NC(=O)N[C@@H](CCC(=O)O)C(=O)O)C(=O)O)C(=O)OCc2ccccc2)CC1. The van der Waals surface area contributed by atoms with E-state index in [1.165, 1.54) is 0 Å². The molecule has 73 heavy (non-hydrogen) atoms. The molecule has 1 aromatic rings. The van der Waals surface area contributed by atoms with Crippen molar-refractivity contribution in [3.05, 3.63) is 42.9 Å². The number of rotatable bonds is 34. The van der Waals surface area contributed by atoms with Gasteiger partial charge in [-0.25, -0.2) is 19.2 Å². The Morgan fingerprint density at radius 3 is 1.47 bits per heavy atom. The average molecular weight is 1030 g/mol. The van der Waals surface area contributed by atoms with Crippen LogP contribution < -0.4 is 26.6 Å². The van der Waals surface area contributed by atoms with E-state index in [1.54, 1.807) is 14.7 Å². The molecule has 1 aromatic carbocycles. The summed E-state index contributed by atoms with van der Waals surface area (Å²) in [6.45, 7) is 3.06. The summed E-state index contributed by atoms with van der Waals surface area (Å²) in [5, 5.41) is 58.9. The third-order valence-electron chi connectivity index (χ3n) is 11.7. The molecule has 0 saturated carbocycles. The van der Waals surface area contributed by atoms with Crippen LogP contribution in [0.25, 0.3) is 0 Å². The number of nitrogens with zero attached hydrogens (tertiary/aromatic N) is 4. The number of hydrogen-bond acceptors (Lipinski definition) is 15. The zero-order chi connectivity index (χ0) is 54.0. The van der Waals surface area contributed by atoms with Crippen molar-refractivity contribution in [1.29, 1.82) is 0 Å². The molecule has 1 heterocycles. The molecule has 1 unspecified atom stereocenters. The molecular weight excluding hydrogens is 959 g/mol. The molecule has 1 aliphatic heterocycles. The van der Waals surface area contributed by atoms with Gasteiger partial charge in [-0.1, -0.05) is 43.2 Å². The molecule has 10 N–H and O–H groups in total. The van der Waals surface area contributed by atoms with Crippen molar-refractivity contribution in [1.82, 2.24) is 46.2 Å². The molecule has 0 spiro atoms. The number of esters is 1. The van der Waals surface area contributed by atoms with Crippen molar-refractivity contribution < 1.29 is 78.2 Å². The standard InChI is InChI=1S/C48H75N9O16/c1-54-23-25-55(27-28-57(33-44(65)66)30-29-56(26-24-54)32-43(63)64)31-41(60)50-22-12-10-16-38(47(71)73-34-35-13-5-4-6-14-35)51-40(59)18-8-3-2-7-17-39(58)49-21-11-9-15-36(45(67)68)52-48(72)53-37(46(69)70)19-20-42(61)62/h1,4-6,13-14,36-38H,2-3,7-12,15-34H2,(H,49,58)(H,50,60)(H,51,59)(H,61,62)(H,63,64)(H,65,66)(H,67,68)(H,69,70)(H2,52,53,72)/t36-,37-,38?/m0/s1. The van der Waals surface area contributed by atoms with Crippen LogP contribution in [0, 0.1) is 7.05 Å². The van der Waals surface area contributed by atoms with Crippen LogP contribution in [0.1, 0.15) is 95.5 Å². The monoisotopic (exact) mass is 1030 g/mol. The minimum Gasteiger partial charge on any atom is -0.481 e. The van der Waals surface area contributed by atoms with Gasteiger partial charge >= 0.3 is 41.8 Å². The maximum absolute atomic E-state index is 13.2. The van der Waals surface area contributed by atoms with Crippen LogP contribution in [-0.2, 0) is 54.5 Å². The number of aliphatic carboxylic acids is 5. The Balaban J connectivity index is 1.76. The van der Waals surface area contributed by atoms with Crippen LogP contribution in [0.3, 0.4) is 0 Å². The summed E-state index contributed by atoms with van der Waals surface area (Å²) in [6.07, 6.45) is 3.74. The molecular formula is C48H75N9O16. The molecule has 25 nitrogen and oxygen atoms in total. The molecule has 1 aliphatic rings. The molecule has 0 aliphatic carbocycles. The van der Waals surface area contributed by atoms with Crippen molar-refractivity contribution in [2.75, 3.05) is 85.1 Å². The first-order valence-electron chi connectivity index (χ1n) is 24.7. The predicted octanol–water partition coefficient (Wildman–Crippen LogP) is 0.258. The van der Waals surface area contributed by atoms with E-state index < -0.39 is 66.4 Å². The second-order valence-electron chi connectivity index (χ2n) is 17.8. The van der Waals surface area contributed by atoms with Gasteiger partial charge in [-0.3, -0.25) is 48.4 Å². The summed E-state index contributed by atoms with van der Waals surface area (Å²) in [7, 11) is 6.18. The van der Waals surface area contributed by atoms with E-state index in [9.17, 15) is 68.4 Å². The molecule has 1 fully saturated rings. The van der Waals surface area contributed by atoms with Crippen LogP contribution in [-0.4, -0.2) is 208 Å². The number of urea groups is 1. The number of amides is 5. The van der Waals surface area contributed by atoms with Crippen LogP contribution in [0.15, 0.2) is 30.3 Å². The number of unbranched alkanes of at least 4 members (excludes halogenated alkanes) is 5. The third-order valence-corrected chi connectivity index (χ3v) is 11.7. The Morgan fingerprint density at radius 2 is 0.959 bits per heavy atom. The highest BCUT2D eigenvalue weighted by molar-refractivity contribution is 5.86. The molecule has 1 saturated heterocycles. The molecule has 408 valence electrons. The summed E-state index contributed by atoms with van der Waals surface area (Å²) in [6, 6.07) is 4.23. The van der Waals surface area contributed by atoms with E-state index in [-0.39, 0.29) is 82.6 Å². The zero-order valence-electron chi connectivity index (χ0n) is 41.5. The molecule has 25 heteroatoms. The smallest absolute Gasteiger partial charge is 0.328 e. The summed E-state index contributed by atoms with van der Waals surface area (Å²) in [5.74, 6) is -7.47. The number of carboxylic acids is 5. The van der Waals surface area contributed by atoms with Crippen molar-refractivity contribution in [2.24, 2.45) is 0 Å². The highest BCUT2D eigenvalue weighted by Crippen LogP contribution is 2.11. The number of ether oxygens (including phenoxy) is 1. The van der Waals surface area contributed by atoms with Gasteiger partial charge in [0.2, 0.25) is 17.7 Å². The lowest BCUT2D eigenvalue weighted by atomic mass is 10.1. The maximum atomic E-state index is 13.2. The van der Waals surface area contributed by atoms with E-state index in [0.717, 1.165) is 5.56 Å². The zero-order valence-corrected chi connectivity index (χ0v) is 41.5. The molecule has 2 rings (SSSR count). The van der Waals surface area contributed by atoms with Gasteiger partial charge in [-0.2, -0.15) is 0 Å². The van der Waals surface area contributed by atoms with Gasteiger partial charge in [-0.15, -0.1) is 0 Å². The number of benzene rings is 1. The molecule has 0 bridgehead atoms. The maximum Gasteiger partial charge on any atom is 0.328 e. The Bertz CT molecular complexity index is 1910. The van der Waals surface area contributed by atoms with E-state index in [1.807, 2.05) is 35.2 Å². The van der Waals surface area contributed by atoms with E-state index >= 15 is 0 Å². The Morgan fingerprint density at radius 1 is 0.493 bits per heavy atom. The average Bonchev–Trinajstić information content (AvgIpc) is 3.32. The molecule has 2 radical (unpaired) electrons. The molecule has 0 aromatic heterocycles. The number of carbonyl (C=O) groups excluding carboxylic acids is 5. The summed E-state index contributed by atoms with van der Waals surface area (Å²) in [4.78, 5) is 127. The topological polar surface area (TPSA) is 354 Å². The Labute approximate surface area is 425 Å². The minimum absolute atomic E-state index is 0.00634. The fourth-order valence-corrected chi connectivity index (χ4v) is 7.57. The van der Waals surface area contributed by atoms with E-state index in [0.29, 0.717) is 110 Å². The van der Waals surface area contributed by atoms with Gasteiger partial charge in [0.05, 0.1) is 19.6 Å². The van der Waals surface area contributed by atoms with E-state index in [4.69, 9.17) is 16.9 Å². The fraction of sp³-hybridized carbons (Fsp3) is 0.646. The van der Waals surface area contributed by atoms with Crippen molar-refractivity contribution in [3.63, 3.8) is 0 Å². The number of hydrogen-bond donors (Lipinski definition) is 10. The second-order valence-corrected chi connectivity index (χ2v) is 17.8. The van der Waals surface area contributed by atoms with Crippen LogP contribution in [0.2, 0.25) is 0 Å². The van der Waals surface area contributed by atoms with Gasteiger partial charge in [0.15, 0.2) is 0 Å². The highest BCUT2D eigenvalue weighted by atomic mass is 16.5. The third kappa shape index (κ3) is 30.9. The first kappa shape index (κ1) is 62.7. The number of carbonyl (C=O) groups is 10. The quantitative estimate of drug-likeness (QED) is 0.0327. The van der Waals surface area contributed by atoms with Crippen LogP contribution >= 0.6 is 0 Å². The molecule has 5 amide bonds. The fourth-order valence-electron chi connectivity index (χ4n) is 7.57. The van der Waals surface area contributed by atoms with Crippen molar-refractivity contribution in [2.45, 2.75) is 115 Å². The number of nitrogens with one attached hydrogen (secondary N) is 5. The van der Waals surface area contributed by atoms with Crippen molar-refractivity contribution in [3.8, 4) is 0 Å². The Hall–Kier alpha value is -6.44. The minimum atomic E-state index is -1.52. The second kappa shape index (κ2) is 36.5. The Kier molecular flexibility index (Phi) is 31.3. The van der Waals surface area contributed by atoms with Gasteiger partial charge in [0.25, 0.3) is 0 Å². The van der Waals surface area contributed by atoms with Gasteiger partial charge in [-0.05, 0) is 63.4 Å². The highest BCUT2D eigenvalue weighted by Gasteiger charge is 2.26. The van der Waals surface area contributed by atoms with Gasteiger partial charge in [0, 0.05) is 91.8 Å². The summed E-state index contributed by atoms with van der Waals surface area (Å²) >= 11 is 0. The normalized spacial score (nSPS) is 15.5. The predicted molar refractivity (Wildman–Crippen MR) is 261 cm³/mol. The lowest BCUT2D eigenvalue weighted by molar-refractivity contribution is -0.149. The first-order valence-corrected chi connectivity index (χ1v) is 24.7. The van der Waals surface area contributed by atoms with Gasteiger partial charge in [0.1, 0.15) is 24.7 Å². The summed E-state index contributed by atoms with van der Waals surface area (Å²) in [5.41, 5.74) is 0.778.